The van der Waals surface area contributed by atoms with Crippen LogP contribution in [0.5, 0.6) is 0 Å². The van der Waals surface area contributed by atoms with Gasteiger partial charge in [0.25, 0.3) is 11.8 Å². The lowest BCUT2D eigenvalue weighted by atomic mass is 9.97. The van der Waals surface area contributed by atoms with Gasteiger partial charge in [-0.15, -0.1) is 5.06 Å². The van der Waals surface area contributed by atoms with Crippen molar-refractivity contribution in [2.45, 2.75) is 53.0 Å². The second-order valence-corrected chi connectivity index (χ2v) is 10.3. The summed E-state index contributed by atoms with van der Waals surface area (Å²) in [5.41, 5.74) is 4.63. The molecule has 1 aliphatic heterocycles. The third-order valence-corrected chi connectivity index (χ3v) is 6.77. The average molecular weight is 541 g/mol. The minimum absolute atomic E-state index is 0.0209. The Labute approximate surface area is 223 Å². The van der Waals surface area contributed by atoms with Crippen molar-refractivity contribution in [3.8, 4) is 0 Å². The SMILES string of the molecule is CPc1ccc(C)c(C(=N[C@@H](CC(=O)ON2C(=O)CCC2=O)/C(C)=N/N=C(C)C)c2ccc(Cl)cc2)c1. The van der Waals surface area contributed by atoms with E-state index in [9.17, 15) is 14.4 Å². The molecule has 0 radical (unpaired) electrons. The summed E-state index contributed by atoms with van der Waals surface area (Å²) in [6, 6.07) is 12.8. The van der Waals surface area contributed by atoms with E-state index in [4.69, 9.17) is 21.4 Å². The fourth-order valence-electron chi connectivity index (χ4n) is 3.58. The van der Waals surface area contributed by atoms with Gasteiger partial charge >= 0.3 is 5.97 Å². The van der Waals surface area contributed by atoms with E-state index in [1.54, 1.807) is 19.1 Å². The standard InChI is InChI=1S/C27H30ClN4O4P/c1-16(2)30-31-18(4)23(15-26(35)36-32-24(33)12-13-25(32)34)29-27(19-7-9-20(28)10-8-19)22-14-21(37-5)11-6-17(22)3/h6-11,14,23,37H,12-13,15H2,1-5H3/b29-27?,31-18+/t23-/m0/s1. The molecule has 0 saturated carbocycles. The smallest absolute Gasteiger partial charge is 0.330 e. The van der Waals surface area contributed by atoms with Crippen molar-refractivity contribution in [1.82, 2.24) is 5.06 Å². The highest BCUT2D eigenvalue weighted by atomic mass is 35.5. The highest BCUT2D eigenvalue weighted by molar-refractivity contribution is 7.46. The molecule has 2 atom stereocenters. The largest absolute Gasteiger partial charge is 0.335 e. The molecular formula is C27H30ClN4O4P. The first-order valence-corrected chi connectivity index (χ1v) is 13.7. The first kappa shape index (κ1) is 28.4. The quantitative estimate of drug-likeness (QED) is 0.200. The third-order valence-electron chi connectivity index (χ3n) is 5.63. The van der Waals surface area contributed by atoms with Crippen molar-refractivity contribution in [2.24, 2.45) is 15.2 Å². The van der Waals surface area contributed by atoms with Gasteiger partial charge in [0.15, 0.2) is 0 Å². The van der Waals surface area contributed by atoms with Crippen LogP contribution in [0.1, 0.15) is 56.7 Å². The van der Waals surface area contributed by atoms with Crippen LogP contribution in [0, 0.1) is 6.92 Å². The molecule has 2 aromatic rings. The zero-order valence-electron chi connectivity index (χ0n) is 21.5. The molecule has 194 valence electrons. The summed E-state index contributed by atoms with van der Waals surface area (Å²) >= 11 is 6.15. The topological polar surface area (TPSA) is 101 Å². The van der Waals surface area contributed by atoms with Gasteiger partial charge in [0.1, 0.15) is 6.04 Å². The summed E-state index contributed by atoms with van der Waals surface area (Å²) in [5, 5.41) is 10.7. The minimum atomic E-state index is -0.764. The molecule has 0 N–H and O–H groups in total. The summed E-state index contributed by atoms with van der Waals surface area (Å²) in [7, 11) is 0.592. The molecular weight excluding hydrogens is 511 g/mol. The molecule has 1 saturated heterocycles. The molecule has 0 aliphatic carbocycles. The van der Waals surface area contributed by atoms with Crippen LogP contribution in [0.4, 0.5) is 0 Å². The van der Waals surface area contributed by atoms with E-state index in [1.165, 1.54) is 5.30 Å². The monoisotopic (exact) mass is 540 g/mol. The Bertz CT molecular complexity index is 1270. The number of hydrogen-bond acceptors (Lipinski definition) is 7. The van der Waals surface area contributed by atoms with Gasteiger partial charge in [-0.25, -0.2) is 4.79 Å². The Balaban J connectivity index is 2.09. The first-order valence-electron chi connectivity index (χ1n) is 11.8. The predicted molar refractivity (Wildman–Crippen MR) is 150 cm³/mol. The molecule has 8 nitrogen and oxygen atoms in total. The lowest BCUT2D eigenvalue weighted by molar-refractivity contribution is -0.197. The van der Waals surface area contributed by atoms with E-state index in [-0.39, 0.29) is 19.3 Å². The van der Waals surface area contributed by atoms with Gasteiger partial charge in [-0.2, -0.15) is 10.2 Å². The summed E-state index contributed by atoms with van der Waals surface area (Å²) in [6.45, 7) is 9.47. The molecule has 2 amide bonds. The lowest BCUT2D eigenvalue weighted by Crippen LogP contribution is -2.34. The van der Waals surface area contributed by atoms with Gasteiger partial charge in [0, 0.05) is 34.7 Å². The van der Waals surface area contributed by atoms with Crippen LogP contribution >= 0.6 is 20.2 Å². The number of hydrogen-bond donors (Lipinski definition) is 0. The van der Waals surface area contributed by atoms with Crippen molar-refractivity contribution in [2.75, 3.05) is 6.66 Å². The van der Waals surface area contributed by atoms with Crippen LogP contribution < -0.4 is 5.30 Å². The van der Waals surface area contributed by atoms with Gasteiger partial charge in [-0.3, -0.25) is 14.6 Å². The maximum atomic E-state index is 12.9. The fraction of sp³-hybridized carbons (Fsp3) is 0.333. The Morgan fingerprint density at radius 2 is 1.70 bits per heavy atom. The average Bonchev–Trinajstić information content (AvgIpc) is 3.18. The first-order chi connectivity index (χ1) is 17.6. The second-order valence-electron chi connectivity index (χ2n) is 8.82. The number of nitrogens with zero attached hydrogens (tertiary/aromatic N) is 4. The number of imide groups is 1. The normalized spacial score (nSPS) is 15.5. The number of aliphatic imine (C=N–C) groups is 1. The van der Waals surface area contributed by atoms with Crippen LogP contribution in [0.25, 0.3) is 0 Å². The van der Waals surface area contributed by atoms with Gasteiger partial charge in [0.2, 0.25) is 0 Å². The van der Waals surface area contributed by atoms with Crippen molar-refractivity contribution in [3.63, 3.8) is 0 Å². The molecule has 0 aromatic heterocycles. The van der Waals surface area contributed by atoms with Gasteiger partial charge in [0.05, 0.1) is 17.8 Å². The number of carbonyl (C=O) groups is 3. The Hall–Kier alpha value is -3.22. The molecule has 0 spiro atoms. The number of rotatable bonds is 9. The number of carbonyl (C=O) groups excluding carboxylic acids is 3. The van der Waals surface area contributed by atoms with Crippen LogP contribution in [-0.2, 0) is 19.2 Å². The number of hydroxylamine groups is 2. The molecule has 1 fully saturated rings. The van der Waals surface area contributed by atoms with Gasteiger partial charge in [-0.1, -0.05) is 44.4 Å². The highest BCUT2D eigenvalue weighted by Gasteiger charge is 2.33. The van der Waals surface area contributed by atoms with Crippen LogP contribution in [0.15, 0.2) is 57.7 Å². The molecule has 1 aliphatic rings. The van der Waals surface area contributed by atoms with Crippen LogP contribution in [0.2, 0.25) is 5.02 Å². The Morgan fingerprint density at radius 1 is 1.05 bits per heavy atom. The number of benzene rings is 2. The van der Waals surface area contributed by atoms with Gasteiger partial charge < -0.3 is 4.84 Å². The van der Waals surface area contributed by atoms with E-state index in [1.807, 2.05) is 39.0 Å². The third kappa shape index (κ3) is 7.63. The maximum absolute atomic E-state index is 12.9. The number of amides is 2. The molecule has 1 heterocycles. The van der Waals surface area contributed by atoms with E-state index in [0.29, 0.717) is 30.1 Å². The van der Waals surface area contributed by atoms with Gasteiger partial charge in [-0.05, 0) is 63.4 Å². The van der Waals surface area contributed by atoms with E-state index >= 15 is 0 Å². The maximum Gasteiger partial charge on any atom is 0.335 e. The van der Waals surface area contributed by atoms with Crippen molar-refractivity contribution < 1.29 is 19.2 Å². The number of aryl methyl sites for hydroxylation is 1. The van der Waals surface area contributed by atoms with Crippen molar-refractivity contribution >= 4 is 60.4 Å². The Kier molecular flexibility index (Phi) is 9.84. The zero-order chi connectivity index (χ0) is 27.1. The minimum Gasteiger partial charge on any atom is -0.330 e. The van der Waals surface area contributed by atoms with Crippen LogP contribution in [-0.4, -0.2) is 52.7 Å². The second kappa shape index (κ2) is 12.8. The lowest BCUT2D eigenvalue weighted by Gasteiger charge is -2.18. The summed E-state index contributed by atoms with van der Waals surface area (Å²) < 4.78 is 0. The predicted octanol–water partition coefficient (Wildman–Crippen LogP) is 4.64. The summed E-state index contributed by atoms with van der Waals surface area (Å²) in [5.74, 6) is -1.84. The Morgan fingerprint density at radius 3 is 2.30 bits per heavy atom. The molecule has 3 rings (SSSR count). The molecule has 2 aromatic carbocycles. The molecule has 10 heteroatoms. The number of halogens is 1. The summed E-state index contributed by atoms with van der Waals surface area (Å²) in [6.07, 6.45) is -0.198. The van der Waals surface area contributed by atoms with Crippen LogP contribution in [0.3, 0.4) is 0 Å². The highest BCUT2D eigenvalue weighted by Crippen LogP contribution is 2.21. The molecule has 0 bridgehead atoms. The van der Waals surface area contributed by atoms with E-state index in [2.05, 4.69) is 29.0 Å². The molecule has 1 unspecified atom stereocenters. The zero-order valence-corrected chi connectivity index (χ0v) is 23.3. The van der Waals surface area contributed by atoms with Crippen molar-refractivity contribution in [1.29, 1.82) is 0 Å². The molecule has 37 heavy (non-hydrogen) atoms. The summed E-state index contributed by atoms with van der Waals surface area (Å²) in [4.78, 5) is 46.9. The van der Waals surface area contributed by atoms with Crippen molar-refractivity contribution in [3.05, 3.63) is 64.2 Å². The van der Waals surface area contributed by atoms with E-state index < -0.39 is 23.8 Å². The van der Waals surface area contributed by atoms with E-state index in [0.717, 1.165) is 22.4 Å². The fourth-order valence-corrected chi connectivity index (χ4v) is 4.25.